The van der Waals surface area contributed by atoms with Gasteiger partial charge in [-0.1, -0.05) is 0 Å². The molecule has 114 valence electrons. The van der Waals surface area contributed by atoms with Crippen molar-refractivity contribution in [2.45, 2.75) is 42.4 Å². The van der Waals surface area contributed by atoms with Crippen LogP contribution in [0.3, 0.4) is 0 Å². The summed E-state index contributed by atoms with van der Waals surface area (Å²) in [6.07, 6.45) is 2.41. The average Bonchev–Trinajstić information content (AvgIpc) is 3.00. The molecule has 2 heterocycles. The third-order valence-corrected chi connectivity index (χ3v) is 5.41. The van der Waals surface area contributed by atoms with E-state index in [1.807, 2.05) is 0 Å². The van der Waals surface area contributed by atoms with Gasteiger partial charge in [0, 0.05) is 0 Å². The number of hydrogen-bond acceptors (Lipinski definition) is 5. The van der Waals surface area contributed by atoms with E-state index in [2.05, 4.69) is 4.72 Å². The third kappa shape index (κ3) is 2.61. The lowest BCUT2D eigenvalue weighted by Crippen LogP contribution is -2.41. The molecule has 0 aromatic heterocycles. The van der Waals surface area contributed by atoms with Crippen LogP contribution in [0.15, 0.2) is 23.1 Å². The van der Waals surface area contributed by atoms with Crippen LogP contribution in [0.1, 0.15) is 29.6 Å². The number of nitrogens with one attached hydrogen (secondary N) is 1. The van der Waals surface area contributed by atoms with E-state index in [1.54, 1.807) is 0 Å². The highest BCUT2D eigenvalue weighted by molar-refractivity contribution is 7.89. The van der Waals surface area contributed by atoms with Crippen molar-refractivity contribution in [3.63, 3.8) is 0 Å². The number of carbonyl (C=O) groups is 1. The normalized spacial score (nSPS) is 27.9. The molecule has 2 fully saturated rings. The molecule has 1 aromatic rings. The van der Waals surface area contributed by atoms with Gasteiger partial charge in [-0.05, 0) is 37.5 Å². The van der Waals surface area contributed by atoms with Gasteiger partial charge in [0.15, 0.2) is 0 Å². The molecular formula is C13H15NO6S. The highest BCUT2D eigenvalue weighted by atomic mass is 32.2. The number of benzene rings is 1. The van der Waals surface area contributed by atoms with Crippen LogP contribution in [0.4, 0.5) is 0 Å². The Balaban J connectivity index is 1.85. The molecule has 3 unspecified atom stereocenters. The minimum Gasteiger partial charge on any atom is -0.507 e. The Morgan fingerprint density at radius 2 is 2.10 bits per heavy atom. The number of aromatic carboxylic acids is 1. The Bertz CT molecular complexity index is 686. The van der Waals surface area contributed by atoms with Crippen molar-refractivity contribution < 1.29 is 28.2 Å². The SMILES string of the molecule is O=C(O)c1cc(S(=O)(=O)NC2CC3CCC2O3)ccc1O. The molecule has 0 spiro atoms. The smallest absolute Gasteiger partial charge is 0.339 e. The zero-order chi connectivity index (χ0) is 15.2. The molecule has 2 aliphatic heterocycles. The van der Waals surface area contributed by atoms with Gasteiger partial charge in [-0.3, -0.25) is 0 Å². The lowest BCUT2D eigenvalue weighted by molar-refractivity contribution is 0.0693. The van der Waals surface area contributed by atoms with Gasteiger partial charge < -0.3 is 14.9 Å². The van der Waals surface area contributed by atoms with Gasteiger partial charge in [0.05, 0.1) is 23.1 Å². The van der Waals surface area contributed by atoms with Gasteiger partial charge in [-0.2, -0.15) is 0 Å². The summed E-state index contributed by atoms with van der Waals surface area (Å²) in [6.45, 7) is 0. The van der Waals surface area contributed by atoms with E-state index in [0.717, 1.165) is 25.0 Å². The Morgan fingerprint density at radius 1 is 1.33 bits per heavy atom. The fourth-order valence-electron chi connectivity index (χ4n) is 2.88. The van der Waals surface area contributed by atoms with Crippen LogP contribution in [-0.4, -0.2) is 42.8 Å². The topological polar surface area (TPSA) is 113 Å². The number of phenols is 1. The number of hydrogen-bond donors (Lipinski definition) is 3. The first-order valence-electron chi connectivity index (χ1n) is 6.61. The molecule has 21 heavy (non-hydrogen) atoms. The van der Waals surface area contributed by atoms with Crippen molar-refractivity contribution in [2.24, 2.45) is 0 Å². The first kappa shape index (κ1) is 14.3. The average molecular weight is 313 g/mol. The van der Waals surface area contributed by atoms with E-state index in [1.165, 1.54) is 6.07 Å². The lowest BCUT2D eigenvalue weighted by Gasteiger charge is -2.20. The molecule has 1 aromatic carbocycles. The van der Waals surface area contributed by atoms with E-state index in [0.29, 0.717) is 6.42 Å². The van der Waals surface area contributed by atoms with Crippen LogP contribution in [0.5, 0.6) is 5.75 Å². The Morgan fingerprint density at radius 3 is 2.67 bits per heavy atom. The molecule has 0 aliphatic carbocycles. The largest absolute Gasteiger partial charge is 0.507 e. The summed E-state index contributed by atoms with van der Waals surface area (Å²) >= 11 is 0. The van der Waals surface area contributed by atoms with Crippen molar-refractivity contribution >= 4 is 16.0 Å². The Labute approximate surface area is 121 Å². The van der Waals surface area contributed by atoms with Crippen molar-refractivity contribution in [1.29, 1.82) is 0 Å². The van der Waals surface area contributed by atoms with Crippen LogP contribution in [0.25, 0.3) is 0 Å². The molecule has 2 aliphatic rings. The van der Waals surface area contributed by atoms with Gasteiger partial charge in [0.1, 0.15) is 11.3 Å². The maximum atomic E-state index is 12.3. The van der Waals surface area contributed by atoms with Crippen LogP contribution in [-0.2, 0) is 14.8 Å². The van der Waals surface area contributed by atoms with Gasteiger partial charge >= 0.3 is 5.97 Å². The number of sulfonamides is 1. The molecule has 7 nitrogen and oxygen atoms in total. The Kier molecular flexibility index (Phi) is 3.39. The molecule has 0 amide bonds. The van der Waals surface area contributed by atoms with E-state index < -0.39 is 27.3 Å². The fraction of sp³-hybridized carbons (Fsp3) is 0.462. The molecule has 2 saturated heterocycles. The zero-order valence-corrected chi connectivity index (χ0v) is 11.8. The molecule has 0 radical (unpaired) electrons. The van der Waals surface area contributed by atoms with Crippen LogP contribution >= 0.6 is 0 Å². The summed E-state index contributed by atoms with van der Waals surface area (Å²) in [5.41, 5.74) is -0.443. The van der Waals surface area contributed by atoms with E-state index in [9.17, 15) is 18.3 Å². The number of carboxylic acids is 1. The monoisotopic (exact) mass is 313 g/mol. The second kappa shape index (κ2) is 4.97. The summed E-state index contributed by atoms with van der Waals surface area (Å²) in [4.78, 5) is 10.8. The first-order chi connectivity index (χ1) is 9.87. The van der Waals surface area contributed by atoms with E-state index in [4.69, 9.17) is 9.84 Å². The number of rotatable bonds is 4. The quantitative estimate of drug-likeness (QED) is 0.754. The predicted octanol–water partition coefficient (Wildman–Crippen LogP) is 0.689. The summed E-state index contributed by atoms with van der Waals surface area (Å²) < 4.78 is 32.8. The van der Waals surface area contributed by atoms with Crippen molar-refractivity contribution in [2.75, 3.05) is 0 Å². The van der Waals surface area contributed by atoms with Gasteiger partial charge in [0.25, 0.3) is 0 Å². The second-order valence-electron chi connectivity index (χ2n) is 5.32. The van der Waals surface area contributed by atoms with E-state index in [-0.39, 0.29) is 23.1 Å². The van der Waals surface area contributed by atoms with E-state index >= 15 is 0 Å². The van der Waals surface area contributed by atoms with Crippen molar-refractivity contribution in [3.8, 4) is 5.75 Å². The minimum absolute atomic E-state index is 0.108. The van der Waals surface area contributed by atoms with Gasteiger partial charge in [-0.15, -0.1) is 0 Å². The summed E-state index contributed by atoms with van der Waals surface area (Å²) in [5.74, 6) is -1.85. The summed E-state index contributed by atoms with van der Waals surface area (Å²) in [6, 6.07) is 2.91. The highest BCUT2D eigenvalue weighted by Crippen LogP contribution is 2.35. The predicted molar refractivity (Wildman–Crippen MR) is 71.7 cm³/mol. The number of fused-ring (bicyclic) bond motifs is 2. The van der Waals surface area contributed by atoms with Crippen molar-refractivity contribution in [1.82, 2.24) is 4.72 Å². The lowest BCUT2D eigenvalue weighted by atomic mass is 9.96. The van der Waals surface area contributed by atoms with Gasteiger partial charge in [-0.25, -0.2) is 17.9 Å². The number of aromatic hydroxyl groups is 1. The van der Waals surface area contributed by atoms with Gasteiger partial charge in [0.2, 0.25) is 10.0 Å². The standard InChI is InChI=1S/C13H15NO6S/c15-11-3-2-8(6-9(11)13(16)17)21(18,19)14-10-5-7-1-4-12(10)20-7/h2-3,6-7,10,12,14-15H,1,4-5H2,(H,16,17). The van der Waals surface area contributed by atoms with Crippen molar-refractivity contribution in [3.05, 3.63) is 23.8 Å². The van der Waals surface area contributed by atoms with Crippen LogP contribution < -0.4 is 4.72 Å². The fourth-order valence-corrected chi connectivity index (χ4v) is 4.19. The minimum atomic E-state index is -3.84. The highest BCUT2D eigenvalue weighted by Gasteiger charge is 2.42. The van der Waals surface area contributed by atoms with Crippen LogP contribution in [0.2, 0.25) is 0 Å². The maximum Gasteiger partial charge on any atom is 0.339 e. The maximum absolute atomic E-state index is 12.3. The summed E-state index contributed by atoms with van der Waals surface area (Å²) in [7, 11) is -3.84. The zero-order valence-electron chi connectivity index (χ0n) is 11.0. The number of carboxylic acid groups (broad SMARTS) is 1. The summed E-state index contributed by atoms with van der Waals surface area (Å²) in [5, 5.41) is 18.4. The second-order valence-corrected chi connectivity index (χ2v) is 7.04. The third-order valence-electron chi connectivity index (χ3n) is 3.92. The molecule has 3 atom stereocenters. The van der Waals surface area contributed by atoms with Crippen LogP contribution in [0, 0.1) is 0 Å². The molecule has 0 saturated carbocycles. The molecule has 3 rings (SSSR count). The first-order valence-corrected chi connectivity index (χ1v) is 8.09. The molecule has 8 heteroatoms. The molecular weight excluding hydrogens is 298 g/mol. The molecule has 3 N–H and O–H groups in total. The number of ether oxygens (including phenoxy) is 1. The Hall–Kier alpha value is -1.64. The molecule has 2 bridgehead atoms.